The third kappa shape index (κ3) is 6.03. The predicted octanol–water partition coefficient (Wildman–Crippen LogP) is 2.96. The van der Waals surface area contributed by atoms with Crippen LogP contribution in [-0.2, 0) is 14.6 Å². The van der Waals surface area contributed by atoms with Gasteiger partial charge in [0.25, 0.3) is 5.91 Å². The summed E-state index contributed by atoms with van der Waals surface area (Å²) in [6, 6.07) is 6.95. The molecule has 1 aliphatic heterocycles. The maximum absolute atomic E-state index is 12.3. The van der Waals surface area contributed by atoms with Crippen LogP contribution in [-0.4, -0.2) is 49.8 Å². The third-order valence-electron chi connectivity index (χ3n) is 4.74. The van der Waals surface area contributed by atoms with Crippen LogP contribution in [0.1, 0.15) is 36.1 Å². The molecule has 2 aromatic rings. The number of carbonyl (C=O) groups excluding carboxylic acids is 1. The number of ether oxygens (including phenoxy) is 2. The van der Waals surface area contributed by atoms with Crippen LogP contribution >= 0.6 is 11.6 Å². The molecular weight excluding hydrogens is 442 g/mol. The summed E-state index contributed by atoms with van der Waals surface area (Å²) >= 11 is 6.39. The lowest BCUT2D eigenvalue weighted by Crippen LogP contribution is -2.46. The summed E-state index contributed by atoms with van der Waals surface area (Å²) in [7, 11) is -3.27. The average molecular weight is 466 g/mol. The lowest BCUT2D eigenvalue weighted by atomic mass is 9.79. The molecule has 10 heteroatoms. The maximum Gasteiger partial charge on any atom is 0.289 e. The molecule has 2 heterocycles. The normalized spacial score (nSPS) is 17.5. The Bertz CT molecular complexity index is 1070. The van der Waals surface area contributed by atoms with Gasteiger partial charge in [0.15, 0.2) is 15.6 Å². The van der Waals surface area contributed by atoms with Crippen LogP contribution in [0.25, 0.3) is 0 Å². The first-order chi connectivity index (χ1) is 14.6. The summed E-state index contributed by atoms with van der Waals surface area (Å²) in [6.45, 7) is 4.76. The van der Waals surface area contributed by atoms with E-state index >= 15 is 0 Å². The Morgan fingerprint density at radius 1 is 1.29 bits per heavy atom. The Morgan fingerprint density at radius 3 is 2.48 bits per heavy atom. The van der Waals surface area contributed by atoms with Crippen molar-refractivity contribution >= 4 is 27.3 Å². The van der Waals surface area contributed by atoms with Gasteiger partial charge in [-0.15, -0.1) is 0 Å². The number of benzene rings is 1. The highest BCUT2D eigenvalue weighted by atomic mass is 35.5. The molecule has 0 spiro atoms. The van der Waals surface area contributed by atoms with E-state index in [1.54, 1.807) is 13.0 Å². The summed E-state index contributed by atoms with van der Waals surface area (Å²) in [4.78, 5) is 20.5. The third-order valence-corrected chi connectivity index (χ3v) is 5.74. The van der Waals surface area contributed by atoms with E-state index in [0.717, 1.165) is 17.2 Å². The van der Waals surface area contributed by atoms with E-state index in [2.05, 4.69) is 22.2 Å². The predicted molar refractivity (Wildman–Crippen MR) is 117 cm³/mol. The maximum atomic E-state index is 12.3. The van der Waals surface area contributed by atoms with E-state index in [9.17, 15) is 13.2 Å². The van der Waals surface area contributed by atoms with Gasteiger partial charge >= 0.3 is 0 Å². The van der Waals surface area contributed by atoms with E-state index in [1.807, 2.05) is 18.2 Å². The van der Waals surface area contributed by atoms with Crippen molar-refractivity contribution in [2.45, 2.75) is 26.0 Å². The number of sulfone groups is 1. The summed E-state index contributed by atoms with van der Waals surface area (Å²) in [6.07, 6.45) is 4.92. The molecule has 31 heavy (non-hydrogen) atoms. The molecule has 3 rings (SSSR count). The van der Waals surface area contributed by atoms with Crippen molar-refractivity contribution in [2.24, 2.45) is 5.41 Å². The molecule has 2 atom stereocenters. The summed E-state index contributed by atoms with van der Waals surface area (Å²) in [5, 5.41) is 4.24. The zero-order valence-electron chi connectivity index (χ0n) is 17.4. The van der Waals surface area contributed by atoms with Crippen LogP contribution in [0.5, 0.6) is 5.75 Å². The first kappa shape index (κ1) is 23.2. The largest absolute Gasteiger partial charge is 0.482 e. The van der Waals surface area contributed by atoms with Gasteiger partial charge in [-0.2, -0.15) is 0 Å². The minimum atomic E-state index is -3.27. The number of hydrogen-bond acceptors (Lipinski definition) is 7. The molecular formula is C21H24ClN3O5S. The number of carbonyl (C=O) groups is 1. The molecule has 8 nitrogen and oxygen atoms in total. The lowest BCUT2D eigenvalue weighted by Gasteiger charge is -2.44. The first-order valence-corrected chi connectivity index (χ1v) is 11.9. The fourth-order valence-corrected chi connectivity index (χ4v) is 3.81. The molecule has 1 amide bonds. The van der Waals surface area contributed by atoms with Gasteiger partial charge in [0.05, 0.1) is 31.0 Å². The minimum Gasteiger partial charge on any atom is -0.482 e. The highest BCUT2D eigenvalue weighted by Crippen LogP contribution is 2.44. The fourth-order valence-electron chi connectivity index (χ4n) is 3.05. The molecule has 1 N–H and O–H groups in total. The Kier molecular flexibility index (Phi) is 6.98. The Morgan fingerprint density at radius 2 is 1.94 bits per heavy atom. The zero-order chi connectivity index (χ0) is 22.6. The summed E-state index contributed by atoms with van der Waals surface area (Å²) in [5.74, 6) is -0.196. The molecule has 1 saturated heterocycles. The first-order valence-electron chi connectivity index (χ1n) is 9.57. The van der Waals surface area contributed by atoms with Gasteiger partial charge in [0.2, 0.25) is 5.82 Å². The van der Waals surface area contributed by atoms with Crippen LogP contribution in [0, 0.1) is 5.41 Å². The zero-order valence-corrected chi connectivity index (χ0v) is 19.0. The highest BCUT2D eigenvalue weighted by Gasteiger charge is 2.44. The van der Waals surface area contributed by atoms with Crippen LogP contribution < -0.4 is 10.1 Å². The second-order valence-corrected chi connectivity index (χ2v) is 10.2. The molecule has 1 aliphatic rings. The molecule has 1 unspecified atom stereocenters. The Hall–Kier alpha value is -2.49. The van der Waals surface area contributed by atoms with Gasteiger partial charge in [-0.3, -0.25) is 4.79 Å². The minimum absolute atomic E-state index is 0.0561. The molecule has 0 aliphatic carbocycles. The van der Waals surface area contributed by atoms with Crippen molar-refractivity contribution in [1.82, 2.24) is 15.3 Å². The monoisotopic (exact) mass is 465 g/mol. The standard InChI is InChI=1S/C21H24ClN3O5S/c1-14(8-9-31(3,27)28)25-20(26)19-23-10-15(11-24-19)30-18(21(2)12-29-13-21)16-6-4-5-7-17(16)22/h4-11,14,18H,12-13H2,1-3H3,(H,25,26)/b9-8+/t14-,18?/m1/s1. The molecule has 0 saturated carbocycles. The number of rotatable bonds is 8. The SMILES string of the molecule is C[C@H](/C=C/S(C)(=O)=O)NC(=O)c1ncc(OC(c2ccccc2Cl)C2(C)COC2)cn1. The van der Waals surface area contributed by atoms with Crippen LogP contribution in [0.15, 0.2) is 48.1 Å². The summed E-state index contributed by atoms with van der Waals surface area (Å²) < 4.78 is 33.9. The second kappa shape index (κ2) is 9.33. The molecule has 1 aromatic heterocycles. The van der Waals surface area contributed by atoms with Crippen molar-refractivity contribution in [3.63, 3.8) is 0 Å². The van der Waals surface area contributed by atoms with Crippen LogP contribution in [0.3, 0.4) is 0 Å². The van der Waals surface area contributed by atoms with Crippen molar-refractivity contribution in [1.29, 1.82) is 0 Å². The van der Waals surface area contributed by atoms with E-state index in [4.69, 9.17) is 21.1 Å². The summed E-state index contributed by atoms with van der Waals surface area (Å²) in [5.41, 5.74) is 0.575. The number of amides is 1. The van der Waals surface area contributed by atoms with Crippen molar-refractivity contribution in [3.8, 4) is 5.75 Å². The number of nitrogens with one attached hydrogen (secondary N) is 1. The Balaban J connectivity index is 1.72. The van der Waals surface area contributed by atoms with Crippen LogP contribution in [0.2, 0.25) is 5.02 Å². The average Bonchev–Trinajstić information content (AvgIpc) is 2.69. The van der Waals surface area contributed by atoms with Crippen molar-refractivity contribution in [3.05, 3.63) is 64.6 Å². The highest BCUT2D eigenvalue weighted by molar-refractivity contribution is 7.93. The Labute approximate surface area is 186 Å². The molecule has 1 fully saturated rings. The smallest absolute Gasteiger partial charge is 0.289 e. The van der Waals surface area contributed by atoms with E-state index in [1.165, 1.54) is 18.5 Å². The van der Waals surface area contributed by atoms with Gasteiger partial charge in [0.1, 0.15) is 6.10 Å². The number of halogens is 1. The lowest BCUT2D eigenvalue weighted by molar-refractivity contribution is -0.155. The second-order valence-electron chi connectivity index (χ2n) is 7.83. The fraction of sp³-hybridized carbons (Fsp3) is 0.381. The van der Waals surface area contributed by atoms with Gasteiger partial charge in [-0.1, -0.05) is 42.8 Å². The van der Waals surface area contributed by atoms with Crippen molar-refractivity contribution in [2.75, 3.05) is 19.5 Å². The number of hydrogen-bond donors (Lipinski definition) is 1. The van der Waals surface area contributed by atoms with Gasteiger partial charge < -0.3 is 14.8 Å². The molecule has 0 bridgehead atoms. The van der Waals surface area contributed by atoms with E-state index in [-0.39, 0.29) is 17.3 Å². The van der Waals surface area contributed by atoms with Crippen LogP contribution in [0.4, 0.5) is 0 Å². The topological polar surface area (TPSA) is 107 Å². The number of aromatic nitrogens is 2. The molecule has 1 aromatic carbocycles. The van der Waals surface area contributed by atoms with E-state index < -0.39 is 21.8 Å². The van der Waals surface area contributed by atoms with Gasteiger partial charge in [-0.25, -0.2) is 18.4 Å². The van der Waals surface area contributed by atoms with Gasteiger partial charge in [0, 0.05) is 28.3 Å². The quantitative estimate of drug-likeness (QED) is 0.638. The molecule has 166 valence electrons. The molecule has 0 radical (unpaired) electrons. The van der Waals surface area contributed by atoms with Crippen molar-refractivity contribution < 1.29 is 22.7 Å². The van der Waals surface area contributed by atoms with E-state index in [0.29, 0.717) is 24.0 Å². The van der Waals surface area contributed by atoms with Gasteiger partial charge in [-0.05, 0) is 13.0 Å². The number of nitrogens with zero attached hydrogens (tertiary/aromatic N) is 2.